The number of carboxylic acids is 1. The van der Waals surface area contributed by atoms with Crippen LogP contribution in [0.5, 0.6) is 5.75 Å². The lowest BCUT2D eigenvalue weighted by atomic mass is 10.2. The highest BCUT2D eigenvalue weighted by atomic mass is 79.9. The molecule has 0 aliphatic carbocycles. The summed E-state index contributed by atoms with van der Waals surface area (Å²) in [6, 6.07) is 4.04. The molecule has 0 aromatic heterocycles. The van der Waals surface area contributed by atoms with Crippen LogP contribution >= 0.6 is 39.2 Å². The van der Waals surface area contributed by atoms with Crippen LogP contribution < -0.4 is 5.73 Å². The number of rotatable bonds is 4. The monoisotopic (exact) mass is 456 g/mol. The highest BCUT2D eigenvalue weighted by molar-refractivity contribution is 9.11. The summed E-state index contributed by atoms with van der Waals surface area (Å²) in [4.78, 5) is 18.9. The first kappa shape index (κ1) is 21.1. The maximum Gasteiger partial charge on any atom is 0.320 e. The van der Waals surface area contributed by atoms with E-state index in [1.54, 1.807) is 12.1 Å². The first-order valence-electron chi connectivity index (χ1n) is 5.83. The topological polar surface area (TPSA) is 145 Å². The van der Waals surface area contributed by atoms with Crippen molar-refractivity contribution in [2.24, 2.45) is 5.73 Å². The van der Waals surface area contributed by atoms with Crippen molar-refractivity contribution in [3.05, 3.63) is 26.6 Å². The Bertz CT molecular complexity index is 603. The maximum atomic E-state index is 10.6. The Balaban J connectivity index is 0.000000401. The minimum absolute atomic E-state index is 0.0412. The largest absolute Gasteiger partial charge is 0.506 e. The fraction of sp³-hybridized carbons (Fsp3) is 0.333. The fourth-order valence-electron chi connectivity index (χ4n) is 1.13. The van der Waals surface area contributed by atoms with Gasteiger partial charge >= 0.3 is 5.97 Å². The van der Waals surface area contributed by atoms with Gasteiger partial charge in [-0.15, -0.1) is 0 Å². The third-order valence-electron chi connectivity index (χ3n) is 2.32. The van der Waals surface area contributed by atoms with Crippen LogP contribution in [0.3, 0.4) is 0 Å². The zero-order chi connectivity index (χ0) is 17.5. The summed E-state index contributed by atoms with van der Waals surface area (Å²) < 4.78 is 11.7. The average molecular weight is 458 g/mol. The molecule has 2 atom stereocenters. The van der Waals surface area contributed by atoms with E-state index in [2.05, 4.69) is 31.9 Å². The van der Waals surface area contributed by atoms with E-state index in [0.717, 1.165) is 0 Å². The lowest BCUT2D eigenvalue weighted by Crippen LogP contribution is -2.30. The third kappa shape index (κ3) is 8.51. The second-order valence-corrected chi connectivity index (χ2v) is 8.67. The molecule has 7 nitrogen and oxygen atoms in total. The van der Waals surface area contributed by atoms with Crippen LogP contribution in [-0.4, -0.2) is 39.9 Å². The Hall–Kier alpha value is -0.910. The molecule has 5 N–H and O–H groups in total. The molecule has 1 aromatic rings. The molecule has 0 amide bonds. The zero-order valence-electron chi connectivity index (χ0n) is 11.5. The number of aromatic hydroxyl groups is 1. The van der Waals surface area contributed by atoms with Crippen molar-refractivity contribution < 1.29 is 24.5 Å². The smallest absolute Gasteiger partial charge is 0.320 e. The van der Waals surface area contributed by atoms with Gasteiger partial charge in [0.05, 0.1) is 20.6 Å². The Morgan fingerprint density at radius 2 is 1.91 bits per heavy atom. The molecule has 1 rings (SSSR count). The molecule has 0 saturated heterocycles. The Morgan fingerprint density at radius 1 is 1.45 bits per heavy atom. The molecular weight excluding hydrogens is 443 g/mol. The molecule has 0 fully saturated rings. The van der Waals surface area contributed by atoms with Crippen molar-refractivity contribution in [2.45, 2.75) is 12.5 Å². The van der Waals surface area contributed by atoms with Crippen molar-refractivity contribution in [3.63, 3.8) is 0 Å². The second kappa shape index (κ2) is 9.28. The van der Waals surface area contributed by atoms with Crippen LogP contribution in [0.15, 0.2) is 21.1 Å². The van der Waals surface area contributed by atoms with E-state index < -0.39 is 19.4 Å². The summed E-state index contributed by atoms with van der Waals surface area (Å²) in [6.45, 7) is 1.18. The lowest BCUT2D eigenvalue weighted by molar-refractivity contribution is -0.138. The predicted molar refractivity (Wildman–Crippen MR) is 89.1 cm³/mol. The van der Waals surface area contributed by atoms with Gasteiger partial charge in [0.25, 0.3) is 0 Å². The number of hydrogen-bond donors (Lipinski definition) is 4. The van der Waals surface area contributed by atoms with Gasteiger partial charge < -0.3 is 20.8 Å². The number of aliphatic carboxylic acids is 1. The highest BCUT2D eigenvalue weighted by Crippen LogP contribution is 2.35. The van der Waals surface area contributed by atoms with E-state index in [1.165, 1.54) is 6.66 Å². The fourth-order valence-corrected chi connectivity index (χ4v) is 3.08. The van der Waals surface area contributed by atoms with Crippen LogP contribution in [0, 0.1) is 11.3 Å². The third-order valence-corrected chi connectivity index (χ3v) is 4.62. The number of nitrogens with two attached hydrogens (primary N) is 1. The molecular formula is C12H15Br2N2O5P. The van der Waals surface area contributed by atoms with Crippen LogP contribution in [-0.2, 0) is 9.36 Å². The van der Waals surface area contributed by atoms with Gasteiger partial charge in [-0.2, -0.15) is 5.26 Å². The number of nitriles is 1. The molecule has 0 bridgehead atoms. The number of phenols is 1. The van der Waals surface area contributed by atoms with E-state index in [4.69, 9.17) is 21.0 Å². The van der Waals surface area contributed by atoms with Gasteiger partial charge in [0.15, 0.2) is 7.37 Å². The van der Waals surface area contributed by atoms with Crippen LogP contribution in [0.4, 0.5) is 0 Å². The van der Waals surface area contributed by atoms with E-state index in [1.807, 2.05) is 6.07 Å². The Kier molecular flexibility index (Phi) is 8.89. The average Bonchev–Trinajstić information content (AvgIpc) is 2.41. The Labute approximate surface area is 144 Å². The van der Waals surface area contributed by atoms with Gasteiger partial charge in [-0.3, -0.25) is 9.36 Å². The van der Waals surface area contributed by atoms with Gasteiger partial charge in [-0.1, -0.05) is 0 Å². The molecule has 0 saturated carbocycles. The summed E-state index contributed by atoms with van der Waals surface area (Å²) in [7, 11) is -3.10. The molecule has 0 heterocycles. The Morgan fingerprint density at radius 3 is 2.23 bits per heavy atom. The summed E-state index contributed by atoms with van der Waals surface area (Å²) in [5.41, 5.74) is 5.59. The van der Waals surface area contributed by atoms with Gasteiger partial charge in [-0.05, 0) is 50.4 Å². The molecule has 2 unspecified atom stereocenters. The van der Waals surface area contributed by atoms with Gasteiger partial charge in [0, 0.05) is 12.8 Å². The second-order valence-electron chi connectivity index (χ2n) is 4.41. The van der Waals surface area contributed by atoms with Crippen molar-refractivity contribution in [1.29, 1.82) is 5.26 Å². The molecule has 0 spiro atoms. The molecule has 0 aliphatic rings. The number of carbonyl (C=O) groups is 1. The number of halogens is 2. The number of carboxylic acid groups (broad SMARTS) is 1. The first-order chi connectivity index (χ1) is 9.97. The molecule has 0 aliphatic heterocycles. The van der Waals surface area contributed by atoms with E-state index in [9.17, 15) is 14.5 Å². The van der Waals surface area contributed by atoms with E-state index in [-0.39, 0.29) is 18.3 Å². The standard InChI is InChI=1S/C7H3Br2NO.C5H12NO4P/c8-5-1-4(3-10)2-6(9)7(5)11;1-11(9,10)3-2-4(6)5(7)8/h1-2,11H;4H,2-3,6H2,1H3,(H,7,8)(H,9,10). The van der Waals surface area contributed by atoms with Gasteiger partial charge in [0.2, 0.25) is 0 Å². The minimum atomic E-state index is -3.10. The number of benzene rings is 1. The van der Waals surface area contributed by atoms with Crippen molar-refractivity contribution in [1.82, 2.24) is 0 Å². The molecule has 1 aromatic carbocycles. The number of hydrogen-bond acceptors (Lipinski definition) is 5. The van der Waals surface area contributed by atoms with Crippen LogP contribution in [0.1, 0.15) is 12.0 Å². The lowest BCUT2D eigenvalue weighted by Gasteiger charge is -2.07. The molecule has 10 heteroatoms. The van der Waals surface area contributed by atoms with Crippen molar-refractivity contribution in [2.75, 3.05) is 12.8 Å². The van der Waals surface area contributed by atoms with Crippen molar-refractivity contribution >= 4 is 45.2 Å². The van der Waals surface area contributed by atoms with Gasteiger partial charge in [-0.25, -0.2) is 0 Å². The zero-order valence-corrected chi connectivity index (χ0v) is 15.6. The van der Waals surface area contributed by atoms with E-state index in [0.29, 0.717) is 14.5 Å². The van der Waals surface area contributed by atoms with Crippen LogP contribution in [0.25, 0.3) is 0 Å². The predicted octanol–water partition coefficient (Wildman–Crippen LogP) is 2.48. The maximum absolute atomic E-state index is 10.6. The van der Waals surface area contributed by atoms with E-state index >= 15 is 0 Å². The minimum Gasteiger partial charge on any atom is -0.506 e. The molecule has 122 valence electrons. The summed E-state index contributed by atoms with van der Waals surface area (Å²) in [6.07, 6.45) is 0.0000772. The quantitative estimate of drug-likeness (QED) is 0.508. The van der Waals surface area contributed by atoms with Crippen molar-refractivity contribution in [3.8, 4) is 11.8 Å². The summed E-state index contributed by atoms with van der Waals surface area (Å²) in [5, 5.41) is 26.0. The van der Waals surface area contributed by atoms with Gasteiger partial charge in [0.1, 0.15) is 11.8 Å². The highest BCUT2D eigenvalue weighted by Gasteiger charge is 2.16. The number of phenolic OH excluding ortho intramolecular Hbond substituents is 1. The van der Waals surface area contributed by atoms with Crippen LogP contribution in [0.2, 0.25) is 0 Å². The first-order valence-corrected chi connectivity index (χ1v) is 9.71. The summed E-state index contributed by atoms with van der Waals surface area (Å²) in [5.74, 6) is -1.03. The SMILES string of the molecule is CP(=O)(O)CCC(N)C(=O)O.N#Cc1cc(Br)c(O)c(Br)c1. The summed E-state index contributed by atoms with van der Waals surface area (Å²) >= 11 is 6.21. The molecule has 0 radical (unpaired) electrons. The molecule has 22 heavy (non-hydrogen) atoms. The normalized spacial score (nSPS) is 14.0. The number of nitrogens with zero attached hydrogens (tertiary/aromatic N) is 1.